The number of carbonyl (C=O) groups is 1. The molecule has 1 heterocycles. The van der Waals surface area contributed by atoms with Gasteiger partial charge < -0.3 is 9.88 Å². The number of rotatable bonds is 4. The Morgan fingerprint density at radius 3 is 2.35 bits per heavy atom. The van der Waals surface area contributed by atoms with Gasteiger partial charge in [0.15, 0.2) is 5.78 Å². The van der Waals surface area contributed by atoms with Gasteiger partial charge in [-0.05, 0) is 71.4 Å². The number of halogens is 1. The number of aryl methyl sites for hydroxylation is 2. The Morgan fingerprint density at radius 1 is 1.17 bits per heavy atom. The molecule has 0 aliphatic carbocycles. The molecule has 0 spiro atoms. The van der Waals surface area contributed by atoms with Crippen LogP contribution in [-0.4, -0.2) is 16.9 Å². The molecule has 1 aromatic carbocycles. The average Bonchev–Trinajstić information content (AvgIpc) is 2.72. The van der Waals surface area contributed by atoms with Gasteiger partial charge >= 0.3 is 0 Å². The standard InChI is InChI=1S/C19H25BrN2O/c1-12-9-15(20)7-8-17(12)21-11-18(23)16-10-13(2)22(14(16)3)19(4,5)6/h7-10,21H,11H2,1-6H3. The van der Waals surface area contributed by atoms with E-state index in [9.17, 15) is 4.79 Å². The summed E-state index contributed by atoms with van der Waals surface area (Å²) in [5.74, 6) is 0.121. The van der Waals surface area contributed by atoms with Crippen molar-refractivity contribution in [2.45, 2.75) is 47.1 Å². The number of hydrogen-bond acceptors (Lipinski definition) is 2. The summed E-state index contributed by atoms with van der Waals surface area (Å²) in [5, 5.41) is 3.25. The van der Waals surface area contributed by atoms with Gasteiger partial charge in [-0.2, -0.15) is 0 Å². The molecule has 124 valence electrons. The van der Waals surface area contributed by atoms with Crippen LogP contribution in [0.15, 0.2) is 28.7 Å². The number of anilines is 1. The molecule has 0 aliphatic rings. The second-order valence-corrected chi connectivity index (χ2v) is 7.94. The average molecular weight is 377 g/mol. The first-order valence-electron chi connectivity index (χ1n) is 7.84. The molecule has 0 radical (unpaired) electrons. The van der Waals surface area contributed by atoms with E-state index in [1.165, 1.54) is 0 Å². The second kappa shape index (κ2) is 6.52. The Morgan fingerprint density at radius 2 is 1.83 bits per heavy atom. The quantitative estimate of drug-likeness (QED) is 0.741. The van der Waals surface area contributed by atoms with E-state index in [0.29, 0.717) is 6.54 Å². The smallest absolute Gasteiger partial charge is 0.183 e. The summed E-state index contributed by atoms with van der Waals surface area (Å²) in [6.45, 7) is 12.9. The van der Waals surface area contributed by atoms with Gasteiger partial charge in [-0.25, -0.2) is 0 Å². The van der Waals surface area contributed by atoms with Gasteiger partial charge in [0.2, 0.25) is 0 Å². The maximum Gasteiger partial charge on any atom is 0.183 e. The summed E-state index contributed by atoms with van der Waals surface area (Å²) in [7, 11) is 0. The number of Topliss-reactive ketones (excluding diaryl/α,β-unsaturated/α-hetero) is 1. The van der Waals surface area contributed by atoms with Crippen LogP contribution >= 0.6 is 15.9 Å². The van der Waals surface area contributed by atoms with Gasteiger partial charge in [-0.3, -0.25) is 4.79 Å². The van der Waals surface area contributed by atoms with Crippen LogP contribution in [0.1, 0.15) is 48.1 Å². The van der Waals surface area contributed by atoms with Gasteiger partial charge in [0, 0.05) is 32.7 Å². The third kappa shape index (κ3) is 3.86. The number of nitrogens with zero attached hydrogens (tertiary/aromatic N) is 1. The lowest BCUT2D eigenvalue weighted by Gasteiger charge is -2.25. The maximum atomic E-state index is 12.6. The van der Waals surface area contributed by atoms with Crippen LogP contribution in [0.3, 0.4) is 0 Å². The Bertz CT molecular complexity index is 739. The number of nitrogens with one attached hydrogen (secondary N) is 1. The Hall–Kier alpha value is -1.55. The summed E-state index contributed by atoms with van der Waals surface area (Å²) in [6, 6.07) is 8.01. The number of benzene rings is 1. The van der Waals surface area contributed by atoms with Crippen molar-refractivity contribution in [1.29, 1.82) is 0 Å². The van der Waals surface area contributed by atoms with Crippen molar-refractivity contribution in [2.24, 2.45) is 0 Å². The highest BCUT2D eigenvalue weighted by Crippen LogP contribution is 2.25. The normalized spacial score (nSPS) is 11.6. The molecule has 0 amide bonds. The Balaban J connectivity index is 2.19. The predicted molar refractivity (Wildman–Crippen MR) is 101 cm³/mol. The lowest BCUT2D eigenvalue weighted by molar-refractivity contribution is 0.101. The zero-order valence-corrected chi connectivity index (χ0v) is 16.3. The Labute approximate surface area is 147 Å². The molecule has 0 saturated carbocycles. The molecule has 3 nitrogen and oxygen atoms in total. The van der Waals surface area contributed by atoms with Crippen LogP contribution in [0.4, 0.5) is 5.69 Å². The number of carbonyl (C=O) groups excluding carboxylic acids is 1. The lowest BCUT2D eigenvalue weighted by atomic mass is 10.1. The highest BCUT2D eigenvalue weighted by molar-refractivity contribution is 9.10. The minimum Gasteiger partial charge on any atom is -0.377 e. The number of ketones is 1. The summed E-state index contributed by atoms with van der Waals surface area (Å²) in [6.07, 6.45) is 0. The van der Waals surface area contributed by atoms with Crippen LogP contribution in [-0.2, 0) is 5.54 Å². The Kier molecular flexibility index (Phi) is 5.04. The molecule has 2 rings (SSSR count). The first-order chi connectivity index (χ1) is 10.6. The lowest BCUT2D eigenvalue weighted by Crippen LogP contribution is -2.24. The molecular weight excluding hydrogens is 352 g/mol. The number of hydrogen-bond donors (Lipinski definition) is 1. The zero-order chi connectivity index (χ0) is 17.4. The van der Waals surface area contributed by atoms with E-state index in [0.717, 1.165) is 32.7 Å². The summed E-state index contributed by atoms with van der Waals surface area (Å²) in [5.41, 5.74) is 5.05. The second-order valence-electron chi connectivity index (χ2n) is 7.03. The molecule has 1 N–H and O–H groups in total. The van der Waals surface area contributed by atoms with E-state index in [4.69, 9.17) is 0 Å². The largest absolute Gasteiger partial charge is 0.377 e. The molecule has 4 heteroatoms. The summed E-state index contributed by atoms with van der Waals surface area (Å²) < 4.78 is 3.27. The minimum absolute atomic E-state index is 0.0254. The van der Waals surface area contributed by atoms with Crippen LogP contribution in [0.2, 0.25) is 0 Å². The molecule has 0 fully saturated rings. The molecular formula is C19H25BrN2O. The van der Waals surface area contributed by atoms with Gasteiger partial charge in [0.25, 0.3) is 0 Å². The topological polar surface area (TPSA) is 34.0 Å². The van der Waals surface area contributed by atoms with E-state index < -0.39 is 0 Å². The fraction of sp³-hybridized carbons (Fsp3) is 0.421. The third-order valence-electron chi connectivity index (χ3n) is 4.03. The highest BCUT2D eigenvalue weighted by Gasteiger charge is 2.22. The third-order valence-corrected chi connectivity index (χ3v) is 4.52. The first-order valence-corrected chi connectivity index (χ1v) is 8.63. The summed E-state index contributed by atoms with van der Waals surface area (Å²) in [4.78, 5) is 12.6. The van der Waals surface area contributed by atoms with E-state index in [-0.39, 0.29) is 11.3 Å². The molecule has 0 atom stereocenters. The van der Waals surface area contributed by atoms with Gasteiger partial charge in [-0.15, -0.1) is 0 Å². The van der Waals surface area contributed by atoms with E-state index in [2.05, 4.69) is 53.5 Å². The minimum atomic E-state index is -0.0254. The molecule has 0 aliphatic heterocycles. The molecule has 0 bridgehead atoms. The van der Waals surface area contributed by atoms with Crippen molar-refractivity contribution >= 4 is 27.4 Å². The van der Waals surface area contributed by atoms with Crippen LogP contribution in [0.5, 0.6) is 0 Å². The van der Waals surface area contributed by atoms with Crippen molar-refractivity contribution in [1.82, 2.24) is 4.57 Å². The van der Waals surface area contributed by atoms with Gasteiger partial charge in [0.05, 0.1) is 6.54 Å². The van der Waals surface area contributed by atoms with Crippen molar-refractivity contribution in [3.63, 3.8) is 0 Å². The fourth-order valence-corrected chi connectivity index (χ4v) is 3.65. The van der Waals surface area contributed by atoms with Crippen LogP contribution < -0.4 is 5.32 Å². The molecule has 0 unspecified atom stereocenters. The predicted octanol–water partition coefficient (Wildman–Crippen LogP) is 5.23. The zero-order valence-electron chi connectivity index (χ0n) is 14.7. The first kappa shape index (κ1) is 17.8. The van der Waals surface area contributed by atoms with E-state index in [1.807, 2.05) is 38.1 Å². The SMILES string of the molecule is Cc1cc(Br)ccc1NCC(=O)c1cc(C)n(C(C)(C)C)c1C. The molecule has 2 aromatic rings. The monoisotopic (exact) mass is 376 g/mol. The van der Waals surface area contributed by atoms with Gasteiger partial charge in [-0.1, -0.05) is 15.9 Å². The molecule has 0 saturated heterocycles. The van der Waals surface area contributed by atoms with Crippen molar-refractivity contribution in [2.75, 3.05) is 11.9 Å². The molecule has 23 heavy (non-hydrogen) atoms. The number of aromatic nitrogens is 1. The maximum absolute atomic E-state index is 12.6. The fourth-order valence-electron chi connectivity index (χ4n) is 3.17. The van der Waals surface area contributed by atoms with Gasteiger partial charge in [0.1, 0.15) is 0 Å². The highest BCUT2D eigenvalue weighted by atomic mass is 79.9. The van der Waals surface area contributed by atoms with E-state index >= 15 is 0 Å². The van der Waals surface area contributed by atoms with Crippen LogP contribution in [0, 0.1) is 20.8 Å². The van der Waals surface area contributed by atoms with E-state index in [1.54, 1.807) is 0 Å². The van der Waals surface area contributed by atoms with Crippen molar-refractivity contribution in [3.8, 4) is 0 Å². The summed E-state index contributed by atoms with van der Waals surface area (Å²) >= 11 is 3.45. The van der Waals surface area contributed by atoms with Crippen molar-refractivity contribution < 1.29 is 4.79 Å². The van der Waals surface area contributed by atoms with Crippen molar-refractivity contribution in [3.05, 3.63) is 51.3 Å². The van der Waals surface area contributed by atoms with Crippen LogP contribution in [0.25, 0.3) is 0 Å². The molecule has 1 aromatic heterocycles.